The van der Waals surface area contributed by atoms with Crippen molar-refractivity contribution in [3.8, 4) is 11.5 Å². The average molecular weight is 395 g/mol. The lowest BCUT2D eigenvalue weighted by atomic mass is 10.0. The van der Waals surface area contributed by atoms with Crippen molar-refractivity contribution in [2.45, 2.75) is 0 Å². The highest BCUT2D eigenvalue weighted by Gasteiger charge is 2.24. The molecule has 0 atom stereocenters. The Morgan fingerprint density at radius 2 is 2.11 bits per heavy atom. The summed E-state index contributed by atoms with van der Waals surface area (Å²) in [5.74, 6) is -1.13. The van der Waals surface area contributed by atoms with E-state index in [1.54, 1.807) is 0 Å². The van der Waals surface area contributed by atoms with Gasteiger partial charge in [0.25, 0.3) is 0 Å². The van der Waals surface area contributed by atoms with Crippen molar-refractivity contribution in [3.63, 3.8) is 0 Å². The Bertz CT molecular complexity index is 969. The normalized spacial score (nSPS) is 12.3. The monoisotopic (exact) mass is 394 g/mol. The van der Waals surface area contributed by atoms with E-state index in [9.17, 15) is 9.18 Å². The number of allylic oxidation sites excluding steroid dienone is 1. The van der Waals surface area contributed by atoms with Gasteiger partial charge in [0, 0.05) is 35.6 Å². The lowest BCUT2D eigenvalue weighted by Gasteiger charge is -2.14. The standard InChI is InChI=1S/C19H20ClFN2O4/c1-11-13(8-12(20)9-22)14(10-23-11)18(24)17-15(21)4-5-16(19(17)26-3)27-7-6-25-2/h4-5,8-10,23H,1,6-7,22H2,2-3H3/b12-9+,13-8+. The van der Waals surface area contributed by atoms with Crippen LogP contribution in [0.25, 0.3) is 12.7 Å². The summed E-state index contributed by atoms with van der Waals surface area (Å²) < 4.78 is 30.2. The number of carbonyl (C=O) groups excluding carboxylic acids is 1. The third-order valence-electron chi connectivity index (χ3n) is 3.74. The SMILES string of the molecule is C=c1[nH]cc(C(=O)c2c(F)ccc(OCCOC)c2OC)/c1=C/C(Cl)=C\N. The van der Waals surface area contributed by atoms with Gasteiger partial charge in [-0.25, -0.2) is 4.39 Å². The summed E-state index contributed by atoms with van der Waals surface area (Å²) >= 11 is 5.93. The van der Waals surface area contributed by atoms with Crippen molar-refractivity contribution >= 4 is 30.0 Å². The van der Waals surface area contributed by atoms with Crippen LogP contribution < -0.4 is 25.8 Å². The van der Waals surface area contributed by atoms with Gasteiger partial charge < -0.3 is 24.9 Å². The summed E-state index contributed by atoms with van der Waals surface area (Å²) in [4.78, 5) is 15.9. The summed E-state index contributed by atoms with van der Waals surface area (Å²) in [6.07, 6.45) is 4.07. The molecule has 0 saturated carbocycles. The van der Waals surface area contributed by atoms with Gasteiger partial charge in [0.2, 0.25) is 5.78 Å². The summed E-state index contributed by atoms with van der Waals surface area (Å²) in [7, 11) is 2.86. The van der Waals surface area contributed by atoms with Crippen LogP contribution in [-0.4, -0.2) is 38.2 Å². The van der Waals surface area contributed by atoms with Crippen LogP contribution in [0.2, 0.25) is 0 Å². The fourth-order valence-electron chi connectivity index (χ4n) is 2.45. The van der Waals surface area contributed by atoms with Crippen LogP contribution in [0.1, 0.15) is 15.9 Å². The van der Waals surface area contributed by atoms with E-state index in [1.165, 1.54) is 38.8 Å². The molecule has 0 spiro atoms. The maximum Gasteiger partial charge on any atom is 0.202 e. The Balaban J connectivity index is 2.59. The molecule has 3 N–H and O–H groups in total. The van der Waals surface area contributed by atoms with Crippen molar-refractivity contribution in [2.24, 2.45) is 5.73 Å². The van der Waals surface area contributed by atoms with Crippen LogP contribution in [0.3, 0.4) is 0 Å². The third kappa shape index (κ3) is 4.50. The quantitative estimate of drug-likeness (QED) is 0.525. The van der Waals surface area contributed by atoms with E-state index in [2.05, 4.69) is 11.6 Å². The van der Waals surface area contributed by atoms with E-state index in [0.717, 1.165) is 6.07 Å². The molecule has 6 nitrogen and oxygen atoms in total. The molecule has 0 aliphatic heterocycles. The zero-order chi connectivity index (χ0) is 20.0. The van der Waals surface area contributed by atoms with E-state index < -0.39 is 11.6 Å². The number of hydrogen-bond acceptors (Lipinski definition) is 5. The molecule has 1 aromatic heterocycles. The van der Waals surface area contributed by atoms with Crippen molar-refractivity contribution in [1.82, 2.24) is 4.98 Å². The van der Waals surface area contributed by atoms with Crippen LogP contribution >= 0.6 is 11.6 Å². The molecule has 0 radical (unpaired) electrons. The molecule has 1 heterocycles. The minimum Gasteiger partial charge on any atom is -0.492 e. The van der Waals surface area contributed by atoms with E-state index in [1.807, 2.05) is 0 Å². The summed E-state index contributed by atoms with van der Waals surface area (Å²) in [5.41, 5.74) is 5.29. The smallest absolute Gasteiger partial charge is 0.202 e. The highest BCUT2D eigenvalue weighted by atomic mass is 35.5. The number of nitrogens with two attached hydrogens (primary N) is 1. The number of ketones is 1. The number of carbonyl (C=O) groups is 1. The first-order valence-corrected chi connectivity index (χ1v) is 8.30. The van der Waals surface area contributed by atoms with Crippen molar-refractivity contribution < 1.29 is 23.4 Å². The lowest BCUT2D eigenvalue weighted by molar-refractivity contribution is 0.102. The van der Waals surface area contributed by atoms with Gasteiger partial charge in [0.05, 0.1) is 18.7 Å². The summed E-state index contributed by atoms with van der Waals surface area (Å²) in [6.45, 7) is 4.35. The number of aromatic amines is 1. The number of ether oxygens (including phenoxy) is 3. The molecule has 0 aliphatic carbocycles. The zero-order valence-corrected chi connectivity index (χ0v) is 15.7. The second-order valence-corrected chi connectivity index (χ2v) is 5.85. The molecule has 27 heavy (non-hydrogen) atoms. The molecule has 0 saturated heterocycles. The Morgan fingerprint density at radius 3 is 2.74 bits per heavy atom. The van der Waals surface area contributed by atoms with Crippen LogP contribution in [-0.2, 0) is 4.74 Å². The minimum atomic E-state index is -0.742. The maximum absolute atomic E-state index is 14.5. The number of nitrogens with one attached hydrogen (secondary N) is 1. The Morgan fingerprint density at radius 1 is 1.37 bits per heavy atom. The Hall–Kier alpha value is -2.77. The van der Waals surface area contributed by atoms with Gasteiger partial charge in [-0.15, -0.1) is 0 Å². The summed E-state index contributed by atoms with van der Waals surface area (Å²) in [6, 6.07) is 2.54. The van der Waals surface area contributed by atoms with Crippen molar-refractivity contribution in [1.29, 1.82) is 0 Å². The van der Waals surface area contributed by atoms with E-state index in [-0.39, 0.29) is 34.3 Å². The van der Waals surface area contributed by atoms with Gasteiger partial charge in [0.15, 0.2) is 11.5 Å². The second-order valence-electron chi connectivity index (χ2n) is 5.41. The Labute approximate surface area is 160 Å². The highest BCUT2D eigenvalue weighted by molar-refractivity contribution is 6.34. The number of methoxy groups -OCH3 is 2. The number of benzene rings is 1. The largest absolute Gasteiger partial charge is 0.492 e. The Kier molecular flexibility index (Phi) is 7.04. The fourth-order valence-corrected chi connectivity index (χ4v) is 2.56. The molecule has 0 bridgehead atoms. The lowest BCUT2D eigenvalue weighted by Crippen LogP contribution is -2.26. The molecule has 0 unspecified atom stereocenters. The fraction of sp³-hybridized carbons (Fsp3) is 0.211. The topological polar surface area (TPSA) is 86.6 Å². The van der Waals surface area contributed by atoms with Crippen molar-refractivity contribution in [3.05, 3.63) is 57.1 Å². The van der Waals surface area contributed by atoms with Crippen LogP contribution in [0.15, 0.2) is 29.6 Å². The molecule has 1 aromatic carbocycles. The van der Waals surface area contributed by atoms with Crippen LogP contribution in [0.5, 0.6) is 11.5 Å². The summed E-state index contributed by atoms with van der Waals surface area (Å²) in [5, 5.41) is 1.04. The number of H-pyrrole nitrogens is 1. The first kappa shape index (κ1) is 20.5. The average Bonchev–Trinajstić information content (AvgIpc) is 3.02. The molecule has 2 rings (SSSR count). The molecule has 144 valence electrons. The predicted molar refractivity (Wildman–Crippen MR) is 102 cm³/mol. The highest BCUT2D eigenvalue weighted by Crippen LogP contribution is 2.34. The number of hydrogen-bond donors (Lipinski definition) is 2. The van der Waals surface area contributed by atoms with Gasteiger partial charge in [-0.1, -0.05) is 18.2 Å². The number of halogens is 2. The molecule has 0 aliphatic rings. The van der Waals surface area contributed by atoms with Gasteiger partial charge in [-0.2, -0.15) is 0 Å². The first-order valence-electron chi connectivity index (χ1n) is 7.93. The molecular formula is C19H20ClFN2O4. The predicted octanol–water partition coefficient (Wildman–Crippen LogP) is 1.65. The minimum absolute atomic E-state index is 0.00525. The molecular weight excluding hydrogens is 375 g/mol. The van der Waals surface area contributed by atoms with Crippen LogP contribution in [0, 0.1) is 5.82 Å². The van der Waals surface area contributed by atoms with Crippen LogP contribution in [0.4, 0.5) is 4.39 Å². The molecule has 8 heteroatoms. The molecule has 0 amide bonds. The third-order valence-corrected chi connectivity index (χ3v) is 3.97. The van der Waals surface area contributed by atoms with E-state index in [0.29, 0.717) is 17.2 Å². The van der Waals surface area contributed by atoms with Gasteiger partial charge in [0.1, 0.15) is 18.0 Å². The second kappa shape index (κ2) is 9.25. The first-order chi connectivity index (χ1) is 12.9. The zero-order valence-electron chi connectivity index (χ0n) is 15.0. The maximum atomic E-state index is 14.5. The number of rotatable bonds is 8. The van der Waals surface area contributed by atoms with Gasteiger partial charge in [-0.3, -0.25) is 4.79 Å². The number of aromatic nitrogens is 1. The van der Waals surface area contributed by atoms with Crippen molar-refractivity contribution in [2.75, 3.05) is 27.4 Å². The van der Waals surface area contributed by atoms with Gasteiger partial charge >= 0.3 is 0 Å². The van der Waals surface area contributed by atoms with E-state index in [4.69, 9.17) is 31.5 Å². The molecule has 2 aromatic rings. The van der Waals surface area contributed by atoms with Gasteiger partial charge in [-0.05, 0) is 18.2 Å². The molecule has 0 fully saturated rings. The van der Waals surface area contributed by atoms with E-state index >= 15 is 0 Å².